The van der Waals surface area contributed by atoms with E-state index in [2.05, 4.69) is 11.3 Å². The summed E-state index contributed by atoms with van der Waals surface area (Å²) in [6.45, 7) is 7.21. The molecule has 0 bridgehead atoms. The van der Waals surface area contributed by atoms with Crippen molar-refractivity contribution in [2.24, 2.45) is 0 Å². The van der Waals surface area contributed by atoms with Gasteiger partial charge in [-0.05, 0) is 35.0 Å². The summed E-state index contributed by atoms with van der Waals surface area (Å²) in [6.07, 6.45) is 0. The van der Waals surface area contributed by atoms with Gasteiger partial charge in [0.2, 0.25) is 0 Å². The van der Waals surface area contributed by atoms with Crippen LogP contribution in [-0.2, 0) is 9.53 Å². The van der Waals surface area contributed by atoms with Gasteiger partial charge in [-0.15, -0.1) is 0 Å². The van der Waals surface area contributed by atoms with Crippen LogP contribution in [0, 0.1) is 0 Å². The highest BCUT2D eigenvalue weighted by Crippen LogP contribution is 1.89. The quantitative estimate of drug-likeness (QED) is 0.529. The summed E-state index contributed by atoms with van der Waals surface area (Å²) in [6, 6.07) is 0. The van der Waals surface area contributed by atoms with Crippen molar-refractivity contribution >= 4 is 5.97 Å². The highest BCUT2D eigenvalue weighted by Gasteiger charge is 1.98. The van der Waals surface area contributed by atoms with Gasteiger partial charge in [-0.3, -0.25) is 0 Å². The minimum atomic E-state index is -0.312. The molecule has 4 nitrogen and oxygen atoms in total. The van der Waals surface area contributed by atoms with Crippen molar-refractivity contribution in [2.75, 3.05) is 27.7 Å². The van der Waals surface area contributed by atoms with Gasteiger partial charge in [-0.1, -0.05) is 6.58 Å². The molecular weight excluding hydrogens is 168 g/mol. The van der Waals surface area contributed by atoms with Gasteiger partial charge in [-0.2, -0.15) is 0 Å². The van der Waals surface area contributed by atoms with Crippen molar-refractivity contribution < 1.29 is 9.53 Å². The molecule has 80 valence electrons. The second kappa shape index (κ2) is 11.1. The van der Waals surface area contributed by atoms with Gasteiger partial charge in [0, 0.05) is 5.57 Å². The monoisotopic (exact) mass is 190 g/mol. The van der Waals surface area contributed by atoms with Crippen molar-refractivity contribution in [3.63, 3.8) is 0 Å². The summed E-state index contributed by atoms with van der Waals surface area (Å²) < 4.78 is 4.56. The van der Waals surface area contributed by atoms with Crippen LogP contribution in [0.4, 0.5) is 0 Å². The molecule has 0 fully saturated rings. The van der Waals surface area contributed by atoms with Crippen LogP contribution < -0.4 is 6.15 Å². The van der Waals surface area contributed by atoms with Gasteiger partial charge in [0.1, 0.15) is 0 Å². The fraction of sp³-hybridized carbons (Fsp3) is 0.667. The van der Waals surface area contributed by atoms with E-state index in [1.165, 1.54) is 0 Å². The Balaban J connectivity index is -0.000000173. The molecule has 0 amide bonds. The predicted octanol–water partition coefficient (Wildman–Crippen LogP) is 1.47. The minimum Gasteiger partial charge on any atom is -0.463 e. The van der Waals surface area contributed by atoms with E-state index in [1.54, 1.807) is 13.8 Å². The second-order valence-corrected chi connectivity index (χ2v) is 2.84. The Morgan fingerprint density at radius 1 is 1.38 bits per heavy atom. The minimum absolute atomic E-state index is 0. The molecule has 0 saturated carbocycles. The van der Waals surface area contributed by atoms with Gasteiger partial charge in [0.05, 0.1) is 6.61 Å². The molecule has 0 rings (SSSR count). The maximum Gasteiger partial charge on any atom is 0.333 e. The molecule has 3 N–H and O–H groups in total. The van der Waals surface area contributed by atoms with Crippen molar-refractivity contribution in [2.45, 2.75) is 13.8 Å². The summed E-state index contributed by atoms with van der Waals surface area (Å²) in [7, 11) is 6.00. The molecule has 0 heterocycles. The first-order valence-corrected chi connectivity index (χ1v) is 3.85. The zero-order valence-corrected chi connectivity index (χ0v) is 9.39. The molecule has 0 aromatic heterocycles. The van der Waals surface area contributed by atoms with Crippen molar-refractivity contribution in [1.29, 1.82) is 0 Å². The van der Waals surface area contributed by atoms with E-state index >= 15 is 0 Å². The highest BCUT2D eigenvalue weighted by atomic mass is 16.5. The molecule has 0 unspecified atom stereocenters. The Morgan fingerprint density at radius 3 is 1.77 bits per heavy atom. The largest absolute Gasteiger partial charge is 0.463 e. The fourth-order valence-corrected chi connectivity index (χ4v) is 0.254. The average molecular weight is 190 g/mol. The summed E-state index contributed by atoms with van der Waals surface area (Å²) in [5.41, 5.74) is 0.451. The van der Waals surface area contributed by atoms with Crippen LogP contribution in [0.3, 0.4) is 0 Å². The van der Waals surface area contributed by atoms with Gasteiger partial charge >= 0.3 is 5.97 Å². The first-order valence-electron chi connectivity index (χ1n) is 3.85. The molecule has 0 atom stereocenters. The normalized spacial score (nSPS) is 7.85. The van der Waals surface area contributed by atoms with E-state index in [0.717, 1.165) is 0 Å². The first kappa shape index (κ1) is 18.0. The standard InChI is InChI=1S/C6H10O2.C3H9N.H3N/c1-4-8-6(7)5(2)3;1-4(2)3;/h2,4H2,1,3H3;1-3H3;1H3. The topological polar surface area (TPSA) is 64.5 Å². The van der Waals surface area contributed by atoms with E-state index in [1.807, 2.05) is 26.0 Å². The van der Waals surface area contributed by atoms with Gasteiger partial charge in [0.25, 0.3) is 0 Å². The Morgan fingerprint density at radius 2 is 1.69 bits per heavy atom. The van der Waals surface area contributed by atoms with Crippen molar-refractivity contribution in [1.82, 2.24) is 11.1 Å². The molecule has 0 aliphatic carbocycles. The molecule has 4 heteroatoms. The average Bonchev–Trinajstić information content (AvgIpc) is 1.86. The lowest BCUT2D eigenvalue weighted by atomic mass is 10.4. The van der Waals surface area contributed by atoms with Crippen LogP contribution >= 0.6 is 0 Å². The SMILES string of the molecule is C=C(C)C(=O)OCC.CN(C)C.N. The number of carbonyl (C=O) groups excluding carboxylic acids is 1. The van der Waals surface area contributed by atoms with E-state index in [9.17, 15) is 4.79 Å². The van der Waals surface area contributed by atoms with Gasteiger partial charge < -0.3 is 15.8 Å². The maximum atomic E-state index is 10.4. The third-order valence-electron chi connectivity index (χ3n) is 0.624. The number of ether oxygens (including phenoxy) is 1. The number of carbonyl (C=O) groups is 1. The molecule has 13 heavy (non-hydrogen) atoms. The first-order chi connectivity index (χ1) is 5.41. The summed E-state index contributed by atoms with van der Waals surface area (Å²) >= 11 is 0. The molecule has 0 aliphatic rings. The molecule has 0 aromatic rings. The Kier molecular flexibility index (Phi) is 15.4. The van der Waals surface area contributed by atoms with Crippen LogP contribution in [0.5, 0.6) is 0 Å². The number of hydrogen-bond acceptors (Lipinski definition) is 4. The molecular formula is C9H22N2O2. The summed E-state index contributed by atoms with van der Waals surface area (Å²) in [5, 5.41) is 0. The van der Waals surface area contributed by atoms with Crippen LogP contribution in [0.1, 0.15) is 13.8 Å². The zero-order valence-electron chi connectivity index (χ0n) is 9.39. The third-order valence-corrected chi connectivity index (χ3v) is 0.624. The molecule has 0 spiro atoms. The van der Waals surface area contributed by atoms with E-state index in [4.69, 9.17) is 0 Å². The Hall–Kier alpha value is -0.870. The lowest BCUT2D eigenvalue weighted by molar-refractivity contribution is -0.138. The van der Waals surface area contributed by atoms with E-state index in [-0.39, 0.29) is 12.1 Å². The van der Waals surface area contributed by atoms with Crippen LogP contribution in [0.15, 0.2) is 12.2 Å². The van der Waals surface area contributed by atoms with Crippen molar-refractivity contribution in [3.05, 3.63) is 12.2 Å². The van der Waals surface area contributed by atoms with Gasteiger partial charge in [0.15, 0.2) is 0 Å². The summed E-state index contributed by atoms with van der Waals surface area (Å²) in [5.74, 6) is -0.312. The number of esters is 1. The van der Waals surface area contributed by atoms with Crippen molar-refractivity contribution in [3.8, 4) is 0 Å². The smallest absolute Gasteiger partial charge is 0.333 e. The van der Waals surface area contributed by atoms with Gasteiger partial charge in [-0.25, -0.2) is 4.79 Å². The van der Waals surface area contributed by atoms with Crippen LogP contribution in [-0.4, -0.2) is 38.6 Å². The lowest BCUT2D eigenvalue weighted by Crippen LogP contribution is -2.03. The number of hydrogen-bond donors (Lipinski definition) is 1. The fourth-order valence-electron chi connectivity index (χ4n) is 0.254. The zero-order chi connectivity index (χ0) is 10.1. The Bertz CT molecular complexity index is 142. The number of rotatable bonds is 2. The van der Waals surface area contributed by atoms with E-state index in [0.29, 0.717) is 12.2 Å². The molecule has 0 aliphatic heterocycles. The lowest BCUT2D eigenvalue weighted by Gasteiger charge is -1.96. The highest BCUT2D eigenvalue weighted by molar-refractivity contribution is 5.86. The molecule has 0 radical (unpaired) electrons. The van der Waals surface area contributed by atoms with E-state index < -0.39 is 0 Å². The van der Waals surface area contributed by atoms with Crippen LogP contribution in [0.25, 0.3) is 0 Å². The predicted molar refractivity (Wildman–Crippen MR) is 56.1 cm³/mol. The third kappa shape index (κ3) is 24.7. The maximum absolute atomic E-state index is 10.4. The summed E-state index contributed by atoms with van der Waals surface area (Å²) in [4.78, 5) is 12.4. The second-order valence-electron chi connectivity index (χ2n) is 2.84. The molecule has 0 aromatic carbocycles. The Labute approximate surface area is 81.1 Å². The molecule has 0 saturated heterocycles. The number of nitrogens with zero attached hydrogens (tertiary/aromatic N) is 1. The van der Waals surface area contributed by atoms with Crippen LogP contribution in [0.2, 0.25) is 0 Å².